The molecule has 1 aliphatic rings. The van der Waals surface area contributed by atoms with Gasteiger partial charge in [-0.25, -0.2) is 8.70 Å². The van der Waals surface area contributed by atoms with E-state index in [0.717, 1.165) is 46.4 Å². The van der Waals surface area contributed by atoms with Crippen molar-refractivity contribution in [3.05, 3.63) is 41.7 Å². The molecule has 0 saturated carbocycles. The van der Waals surface area contributed by atoms with Crippen molar-refractivity contribution in [1.82, 2.24) is 9.62 Å². The summed E-state index contributed by atoms with van der Waals surface area (Å²) in [6.07, 6.45) is 6.37. The van der Waals surface area contributed by atoms with Crippen molar-refractivity contribution in [3.8, 4) is 0 Å². The summed E-state index contributed by atoms with van der Waals surface area (Å²) in [6.45, 7) is 0.0670. The first kappa shape index (κ1) is 19.4. The topological polar surface area (TPSA) is 69.7 Å². The third-order valence-electron chi connectivity index (χ3n) is 4.04. The predicted octanol–water partition coefficient (Wildman–Crippen LogP) is 2.06. The fourth-order valence-electron chi connectivity index (χ4n) is 2.57. The molecule has 0 bridgehead atoms. The first-order valence-electron chi connectivity index (χ1n) is 8.21. The van der Waals surface area contributed by atoms with Gasteiger partial charge in [0.05, 0.1) is 5.69 Å². The van der Waals surface area contributed by atoms with E-state index in [2.05, 4.69) is 11.4 Å². The molecule has 0 saturated heterocycles. The second kappa shape index (κ2) is 8.44. The van der Waals surface area contributed by atoms with E-state index in [1.807, 2.05) is 0 Å². The Bertz CT molecular complexity index is 730. The van der Waals surface area contributed by atoms with Crippen LogP contribution in [0.3, 0.4) is 0 Å². The van der Waals surface area contributed by atoms with Crippen LogP contribution in [0.1, 0.15) is 25.7 Å². The number of nitrogens with one attached hydrogen (secondary N) is 1. The highest BCUT2D eigenvalue weighted by Gasteiger charge is 2.27. The lowest BCUT2D eigenvalue weighted by atomic mass is 10.00. The molecule has 0 radical (unpaired) electrons. The van der Waals surface area contributed by atoms with E-state index in [4.69, 9.17) is 0 Å². The highest BCUT2D eigenvalue weighted by molar-refractivity contribution is 7.90. The summed E-state index contributed by atoms with van der Waals surface area (Å²) in [7, 11) is -1.10. The average Bonchev–Trinajstić information content (AvgIpc) is 2.59. The van der Waals surface area contributed by atoms with Gasteiger partial charge in [0.1, 0.15) is 12.4 Å². The maximum Gasteiger partial charge on any atom is 0.304 e. The minimum atomic E-state index is -3.87. The van der Waals surface area contributed by atoms with Gasteiger partial charge in [-0.05, 0) is 49.9 Å². The highest BCUT2D eigenvalue weighted by atomic mass is 32.2. The molecule has 1 N–H and O–H groups in total. The number of nitrogens with zero attached hydrogens (tertiary/aromatic N) is 2. The maximum atomic E-state index is 13.1. The van der Waals surface area contributed by atoms with Gasteiger partial charge in [0, 0.05) is 20.6 Å². The molecule has 0 aromatic heterocycles. The Balaban J connectivity index is 2.11. The first-order chi connectivity index (χ1) is 11.8. The van der Waals surface area contributed by atoms with Gasteiger partial charge in [0.2, 0.25) is 5.91 Å². The van der Waals surface area contributed by atoms with Crippen molar-refractivity contribution < 1.29 is 17.6 Å². The Morgan fingerprint density at radius 3 is 2.44 bits per heavy atom. The van der Waals surface area contributed by atoms with E-state index in [-0.39, 0.29) is 12.2 Å². The van der Waals surface area contributed by atoms with E-state index in [1.165, 1.54) is 31.8 Å². The van der Waals surface area contributed by atoms with Gasteiger partial charge >= 0.3 is 10.2 Å². The molecule has 6 nitrogen and oxygen atoms in total. The number of carbonyl (C=O) groups is 1. The zero-order chi connectivity index (χ0) is 18.4. The summed E-state index contributed by atoms with van der Waals surface area (Å²) in [5.74, 6) is -0.874. The fraction of sp³-hybridized carbons (Fsp3) is 0.471. The molecule has 0 unspecified atom stereocenters. The van der Waals surface area contributed by atoms with Crippen LogP contribution in [0.5, 0.6) is 0 Å². The van der Waals surface area contributed by atoms with E-state index in [9.17, 15) is 17.6 Å². The number of benzene rings is 1. The van der Waals surface area contributed by atoms with Crippen molar-refractivity contribution in [1.29, 1.82) is 0 Å². The van der Waals surface area contributed by atoms with Crippen molar-refractivity contribution in [2.45, 2.75) is 25.7 Å². The van der Waals surface area contributed by atoms with E-state index >= 15 is 0 Å². The Kier molecular flexibility index (Phi) is 6.55. The summed E-state index contributed by atoms with van der Waals surface area (Å²) < 4.78 is 40.2. The van der Waals surface area contributed by atoms with E-state index in [1.54, 1.807) is 0 Å². The van der Waals surface area contributed by atoms with E-state index < -0.39 is 21.9 Å². The van der Waals surface area contributed by atoms with Gasteiger partial charge in [0.25, 0.3) is 0 Å². The molecule has 0 atom stereocenters. The zero-order valence-corrected chi connectivity index (χ0v) is 15.4. The maximum absolute atomic E-state index is 13.1. The number of anilines is 1. The number of halogens is 1. The van der Waals surface area contributed by atoms with Gasteiger partial charge in [-0.15, -0.1) is 0 Å². The van der Waals surface area contributed by atoms with Crippen molar-refractivity contribution in [2.24, 2.45) is 0 Å². The summed E-state index contributed by atoms with van der Waals surface area (Å²) in [6, 6.07) is 5.01. The van der Waals surface area contributed by atoms with Crippen LogP contribution >= 0.6 is 0 Å². The van der Waals surface area contributed by atoms with Crippen molar-refractivity contribution in [3.63, 3.8) is 0 Å². The Morgan fingerprint density at radius 2 is 1.88 bits per heavy atom. The molecule has 0 spiro atoms. The van der Waals surface area contributed by atoms with Crippen LogP contribution in [-0.2, 0) is 15.0 Å². The van der Waals surface area contributed by atoms with Crippen LogP contribution in [0, 0.1) is 5.82 Å². The van der Waals surface area contributed by atoms with Crippen molar-refractivity contribution in [2.75, 3.05) is 31.5 Å². The monoisotopic (exact) mass is 369 g/mol. The SMILES string of the molecule is CN(C)S(=O)(=O)N(CC(=O)NCC1=CCCCC1)c1ccc(F)cc1. The molecule has 1 aliphatic carbocycles. The smallest absolute Gasteiger partial charge is 0.304 e. The molecule has 1 amide bonds. The van der Waals surface area contributed by atoms with Crippen LogP contribution in [0.4, 0.5) is 10.1 Å². The van der Waals surface area contributed by atoms with Crippen LogP contribution < -0.4 is 9.62 Å². The number of allylic oxidation sites excluding steroid dienone is 1. The molecule has 1 aromatic rings. The molecule has 0 fully saturated rings. The number of amides is 1. The number of hydrogen-bond acceptors (Lipinski definition) is 3. The molecule has 1 aromatic carbocycles. The lowest BCUT2D eigenvalue weighted by Gasteiger charge is -2.27. The molecule has 8 heteroatoms. The Labute approximate surface area is 148 Å². The molecular weight excluding hydrogens is 345 g/mol. The van der Waals surface area contributed by atoms with Crippen molar-refractivity contribution >= 4 is 21.8 Å². The fourth-order valence-corrected chi connectivity index (χ4v) is 3.64. The lowest BCUT2D eigenvalue weighted by Crippen LogP contribution is -2.46. The van der Waals surface area contributed by atoms with Crippen LogP contribution in [0.2, 0.25) is 0 Å². The Morgan fingerprint density at radius 1 is 1.20 bits per heavy atom. The Hall–Kier alpha value is -1.93. The minimum absolute atomic E-state index is 0.238. The highest BCUT2D eigenvalue weighted by Crippen LogP contribution is 2.20. The molecular formula is C17H24FN3O3S. The molecule has 138 valence electrons. The third kappa shape index (κ3) is 5.27. The summed E-state index contributed by atoms with van der Waals surface area (Å²) in [4.78, 5) is 12.3. The normalized spacial score (nSPS) is 15.0. The lowest BCUT2D eigenvalue weighted by molar-refractivity contribution is -0.119. The second-order valence-electron chi connectivity index (χ2n) is 6.16. The molecule has 25 heavy (non-hydrogen) atoms. The second-order valence-corrected chi connectivity index (χ2v) is 8.22. The molecule has 0 aliphatic heterocycles. The summed E-state index contributed by atoms with van der Waals surface area (Å²) >= 11 is 0. The van der Waals surface area contributed by atoms with Gasteiger partial charge in [0.15, 0.2) is 0 Å². The van der Waals surface area contributed by atoms with Gasteiger partial charge in [-0.3, -0.25) is 4.79 Å². The zero-order valence-electron chi connectivity index (χ0n) is 14.5. The number of rotatable bonds is 7. The third-order valence-corrected chi connectivity index (χ3v) is 5.86. The van der Waals surface area contributed by atoms with Gasteiger partial charge in [-0.1, -0.05) is 11.6 Å². The average molecular weight is 369 g/mol. The van der Waals surface area contributed by atoms with Crippen LogP contribution in [0.15, 0.2) is 35.9 Å². The number of carbonyl (C=O) groups excluding carboxylic acids is 1. The molecule has 0 heterocycles. The first-order valence-corrected chi connectivity index (χ1v) is 9.61. The predicted molar refractivity (Wildman–Crippen MR) is 95.9 cm³/mol. The standard InChI is InChI=1S/C17H24FN3O3S/c1-20(2)25(23,24)21(16-10-8-15(18)9-11-16)13-17(22)19-12-14-6-4-3-5-7-14/h6,8-11H,3-5,7,12-13H2,1-2H3,(H,19,22). The summed E-state index contributed by atoms with van der Waals surface area (Å²) in [5, 5.41) is 2.77. The van der Waals surface area contributed by atoms with Crippen LogP contribution in [-0.4, -0.2) is 45.8 Å². The molecule has 2 rings (SSSR count). The minimum Gasteiger partial charge on any atom is -0.351 e. The number of hydrogen-bond donors (Lipinski definition) is 1. The van der Waals surface area contributed by atoms with Gasteiger partial charge < -0.3 is 5.32 Å². The van der Waals surface area contributed by atoms with Crippen LogP contribution in [0.25, 0.3) is 0 Å². The van der Waals surface area contributed by atoms with E-state index in [0.29, 0.717) is 6.54 Å². The largest absolute Gasteiger partial charge is 0.351 e. The summed E-state index contributed by atoms with van der Waals surface area (Å²) in [5.41, 5.74) is 1.41. The van der Waals surface area contributed by atoms with Gasteiger partial charge in [-0.2, -0.15) is 12.7 Å². The quantitative estimate of drug-likeness (QED) is 0.748.